The van der Waals surface area contributed by atoms with E-state index >= 15 is 0 Å². The SMILES string of the molecule is CC(=O)NCCCCCC(=O)NCc1ccc(C2OC(CN3CCCCCCC3)C(C)C(c3ccc(CO)cc3)O2)cc1. The average molecular weight is 594 g/mol. The van der Waals surface area contributed by atoms with Crippen molar-refractivity contribution in [3.63, 3.8) is 0 Å². The van der Waals surface area contributed by atoms with Crippen molar-refractivity contribution >= 4 is 11.8 Å². The fraction of sp³-hybridized carbons (Fsp3) is 0.600. The molecule has 43 heavy (non-hydrogen) atoms. The smallest absolute Gasteiger partial charge is 0.220 e. The van der Waals surface area contributed by atoms with E-state index in [-0.39, 0.29) is 36.5 Å². The number of benzene rings is 2. The predicted molar refractivity (Wildman–Crippen MR) is 168 cm³/mol. The molecule has 2 saturated heterocycles. The van der Waals surface area contributed by atoms with Crippen LogP contribution in [-0.4, -0.2) is 54.1 Å². The third-order valence-corrected chi connectivity index (χ3v) is 8.71. The molecule has 2 fully saturated rings. The number of ether oxygens (including phenoxy) is 2. The minimum atomic E-state index is -0.486. The number of rotatable bonds is 13. The maximum absolute atomic E-state index is 12.3. The van der Waals surface area contributed by atoms with E-state index in [0.717, 1.165) is 61.2 Å². The first-order valence-electron chi connectivity index (χ1n) is 16.3. The number of hydrogen-bond donors (Lipinski definition) is 3. The second kappa shape index (κ2) is 17.5. The van der Waals surface area contributed by atoms with Crippen molar-refractivity contribution in [2.24, 2.45) is 5.92 Å². The second-order valence-electron chi connectivity index (χ2n) is 12.2. The van der Waals surface area contributed by atoms with Gasteiger partial charge in [-0.1, -0.05) is 81.1 Å². The number of unbranched alkanes of at least 4 members (excludes halogenated alkanes) is 2. The van der Waals surface area contributed by atoms with Gasteiger partial charge in [-0.25, -0.2) is 0 Å². The van der Waals surface area contributed by atoms with E-state index in [2.05, 4.69) is 34.6 Å². The highest BCUT2D eigenvalue weighted by Crippen LogP contribution is 2.42. The van der Waals surface area contributed by atoms with Gasteiger partial charge >= 0.3 is 0 Å². The maximum Gasteiger partial charge on any atom is 0.220 e. The molecular formula is C35H51N3O5. The predicted octanol–water partition coefficient (Wildman–Crippen LogP) is 5.55. The van der Waals surface area contributed by atoms with Crippen molar-refractivity contribution in [3.8, 4) is 0 Å². The van der Waals surface area contributed by atoms with Gasteiger partial charge in [0.2, 0.25) is 11.8 Å². The fourth-order valence-electron chi connectivity index (χ4n) is 6.01. The molecular weight excluding hydrogens is 542 g/mol. The molecule has 3 N–H and O–H groups in total. The highest BCUT2D eigenvalue weighted by atomic mass is 16.7. The van der Waals surface area contributed by atoms with E-state index in [1.54, 1.807) is 0 Å². The summed E-state index contributed by atoms with van der Waals surface area (Å²) in [4.78, 5) is 25.8. The van der Waals surface area contributed by atoms with Gasteiger partial charge in [0.05, 0.1) is 18.8 Å². The third-order valence-electron chi connectivity index (χ3n) is 8.71. The van der Waals surface area contributed by atoms with E-state index in [4.69, 9.17) is 9.47 Å². The number of carbonyl (C=O) groups excluding carboxylic acids is 2. The van der Waals surface area contributed by atoms with Crippen LogP contribution in [0.4, 0.5) is 0 Å². The van der Waals surface area contributed by atoms with Gasteiger partial charge in [-0.3, -0.25) is 9.59 Å². The topological polar surface area (TPSA) is 100 Å². The van der Waals surface area contributed by atoms with E-state index in [9.17, 15) is 14.7 Å². The number of aliphatic hydroxyl groups is 1. The van der Waals surface area contributed by atoms with Crippen LogP contribution in [-0.2, 0) is 32.2 Å². The molecule has 4 unspecified atom stereocenters. The Balaban J connectivity index is 1.36. The molecule has 2 aliphatic heterocycles. The van der Waals surface area contributed by atoms with Crippen LogP contribution in [0, 0.1) is 5.92 Å². The molecule has 2 aromatic carbocycles. The van der Waals surface area contributed by atoms with Gasteiger partial charge in [-0.05, 0) is 55.5 Å². The Morgan fingerprint density at radius 3 is 2.16 bits per heavy atom. The van der Waals surface area contributed by atoms with Crippen LogP contribution in [0.3, 0.4) is 0 Å². The lowest BCUT2D eigenvalue weighted by molar-refractivity contribution is -0.276. The highest BCUT2D eigenvalue weighted by molar-refractivity contribution is 5.75. The molecule has 236 valence electrons. The van der Waals surface area contributed by atoms with Crippen molar-refractivity contribution in [3.05, 3.63) is 70.8 Å². The fourth-order valence-corrected chi connectivity index (χ4v) is 6.01. The third kappa shape index (κ3) is 10.7. The number of hydrogen-bond acceptors (Lipinski definition) is 6. The van der Waals surface area contributed by atoms with Crippen LogP contribution < -0.4 is 10.6 Å². The first-order chi connectivity index (χ1) is 20.9. The zero-order valence-corrected chi connectivity index (χ0v) is 26.1. The minimum absolute atomic E-state index is 0.0173. The molecule has 0 aliphatic carbocycles. The van der Waals surface area contributed by atoms with Crippen molar-refractivity contribution < 1.29 is 24.2 Å². The van der Waals surface area contributed by atoms with Gasteiger partial charge in [0.15, 0.2) is 6.29 Å². The van der Waals surface area contributed by atoms with E-state index in [1.807, 2.05) is 36.4 Å². The normalized spacial score (nSPS) is 23.2. The Kier molecular flexibility index (Phi) is 13.5. The van der Waals surface area contributed by atoms with Crippen LogP contribution in [0.25, 0.3) is 0 Å². The summed E-state index contributed by atoms with van der Waals surface area (Å²) in [5.41, 5.74) is 3.99. The molecule has 2 aromatic rings. The summed E-state index contributed by atoms with van der Waals surface area (Å²) >= 11 is 0. The summed E-state index contributed by atoms with van der Waals surface area (Å²) in [5, 5.41) is 15.3. The number of likely N-dealkylation sites (tertiary alicyclic amines) is 1. The molecule has 4 rings (SSSR count). The van der Waals surface area contributed by atoms with Crippen molar-refractivity contribution in [2.45, 2.75) is 103 Å². The molecule has 8 heteroatoms. The van der Waals surface area contributed by atoms with E-state index in [0.29, 0.717) is 19.5 Å². The van der Waals surface area contributed by atoms with E-state index in [1.165, 1.54) is 39.0 Å². The summed E-state index contributed by atoms with van der Waals surface area (Å²) in [5.74, 6) is 0.191. The van der Waals surface area contributed by atoms with Gasteiger partial charge < -0.3 is 30.1 Å². The molecule has 2 amide bonds. The molecule has 0 spiro atoms. The molecule has 2 aliphatic rings. The summed E-state index contributed by atoms with van der Waals surface area (Å²) in [6, 6.07) is 16.2. The maximum atomic E-state index is 12.3. The molecule has 2 heterocycles. The molecule has 4 atom stereocenters. The Labute approximate surface area is 257 Å². The molecule has 0 saturated carbocycles. The Morgan fingerprint density at radius 2 is 1.49 bits per heavy atom. The van der Waals surface area contributed by atoms with Gasteiger partial charge in [0.1, 0.15) is 0 Å². The number of carbonyl (C=O) groups is 2. The quantitative estimate of drug-likeness (QED) is 0.264. The average Bonchev–Trinajstić information content (AvgIpc) is 3.00. The van der Waals surface area contributed by atoms with Crippen molar-refractivity contribution in [2.75, 3.05) is 26.2 Å². The summed E-state index contributed by atoms with van der Waals surface area (Å²) in [6.07, 6.45) is 8.92. The minimum Gasteiger partial charge on any atom is -0.392 e. The lowest BCUT2D eigenvalue weighted by Gasteiger charge is -2.43. The summed E-state index contributed by atoms with van der Waals surface area (Å²) < 4.78 is 13.3. The zero-order chi connectivity index (χ0) is 30.4. The second-order valence-corrected chi connectivity index (χ2v) is 12.2. The highest BCUT2D eigenvalue weighted by Gasteiger charge is 2.39. The molecule has 8 nitrogen and oxygen atoms in total. The number of amides is 2. The Bertz CT molecular complexity index is 1120. The monoisotopic (exact) mass is 593 g/mol. The number of nitrogens with one attached hydrogen (secondary N) is 2. The lowest BCUT2D eigenvalue weighted by Crippen LogP contribution is -2.45. The first-order valence-corrected chi connectivity index (χ1v) is 16.3. The largest absolute Gasteiger partial charge is 0.392 e. The van der Waals surface area contributed by atoms with Crippen LogP contribution >= 0.6 is 0 Å². The Morgan fingerprint density at radius 1 is 0.837 bits per heavy atom. The van der Waals surface area contributed by atoms with Crippen LogP contribution in [0.2, 0.25) is 0 Å². The van der Waals surface area contributed by atoms with Gasteiger partial charge in [0, 0.05) is 44.5 Å². The number of nitrogens with zero attached hydrogens (tertiary/aromatic N) is 1. The van der Waals surface area contributed by atoms with Gasteiger partial charge in [0.25, 0.3) is 0 Å². The molecule has 0 aromatic heterocycles. The lowest BCUT2D eigenvalue weighted by atomic mass is 9.89. The summed E-state index contributed by atoms with van der Waals surface area (Å²) in [7, 11) is 0. The van der Waals surface area contributed by atoms with Crippen LogP contribution in [0.1, 0.15) is 106 Å². The van der Waals surface area contributed by atoms with Gasteiger partial charge in [-0.15, -0.1) is 0 Å². The number of aliphatic hydroxyl groups excluding tert-OH is 1. The first kappa shape index (κ1) is 33.1. The van der Waals surface area contributed by atoms with Crippen molar-refractivity contribution in [1.29, 1.82) is 0 Å². The summed E-state index contributed by atoms with van der Waals surface area (Å²) in [6.45, 7) is 8.03. The zero-order valence-electron chi connectivity index (χ0n) is 26.1. The standard InChI is InChI=1S/C35H51N3O5/c1-26-32(24-38-21-9-4-3-5-10-22-38)42-35(43-34(26)30-16-14-29(25-39)15-17-30)31-18-12-28(13-19-31)23-37-33(41)11-7-6-8-20-36-27(2)40/h12-19,26,32,34-35,39H,3-11,20-25H2,1-2H3,(H,36,40)(H,37,41). The van der Waals surface area contributed by atoms with E-state index < -0.39 is 6.29 Å². The molecule has 0 bridgehead atoms. The Hall–Kier alpha value is -2.78. The molecule has 0 radical (unpaired) electrons. The van der Waals surface area contributed by atoms with Crippen LogP contribution in [0.5, 0.6) is 0 Å². The van der Waals surface area contributed by atoms with Gasteiger partial charge in [-0.2, -0.15) is 0 Å². The van der Waals surface area contributed by atoms with Crippen molar-refractivity contribution in [1.82, 2.24) is 15.5 Å². The van der Waals surface area contributed by atoms with Crippen LogP contribution in [0.15, 0.2) is 48.5 Å².